The second-order valence-electron chi connectivity index (χ2n) is 9.77. The van der Waals surface area contributed by atoms with Crippen LogP contribution in [-0.2, 0) is 26.4 Å². The minimum atomic E-state index is -4.54. The molecule has 0 fully saturated rings. The number of pyridine rings is 4. The number of thiol groups is 1. The summed E-state index contributed by atoms with van der Waals surface area (Å²) in [6.07, 6.45) is -4.17. The van der Waals surface area contributed by atoms with Crippen molar-refractivity contribution in [1.29, 1.82) is 0 Å². The number of aryl methyl sites for hydroxylation is 2. The molecule has 6 rings (SSSR count). The first-order chi connectivity index (χ1) is 21.7. The van der Waals surface area contributed by atoms with E-state index in [9.17, 15) is 26.3 Å². The molecule has 0 aliphatic rings. The Morgan fingerprint density at radius 2 is 1.15 bits per heavy atom. The van der Waals surface area contributed by atoms with Crippen LogP contribution in [0.5, 0.6) is 0 Å². The van der Waals surface area contributed by atoms with Crippen LogP contribution in [0.2, 0.25) is 0 Å². The van der Waals surface area contributed by atoms with Crippen LogP contribution < -0.4 is 0 Å². The molecule has 0 aliphatic carbocycles. The summed E-state index contributed by atoms with van der Waals surface area (Å²) in [5, 5.41) is 0. The van der Waals surface area contributed by atoms with E-state index in [2.05, 4.69) is 42.5 Å². The van der Waals surface area contributed by atoms with Gasteiger partial charge in [-0.3, -0.25) is 9.97 Å². The van der Waals surface area contributed by atoms with Crippen molar-refractivity contribution >= 4 is 68.3 Å². The molecule has 0 radical (unpaired) electrons. The number of rotatable bonds is 7. The summed E-state index contributed by atoms with van der Waals surface area (Å²) in [5.74, 6) is 1.27. The van der Waals surface area contributed by atoms with E-state index in [4.69, 9.17) is 0 Å². The number of aromatic nitrogens is 8. The van der Waals surface area contributed by atoms with Crippen LogP contribution in [0.25, 0.3) is 45.4 Å². The lowest BCUT2D eigenvalue weighted by molar-refractivity contribution is -0.138. The van der Waals surface area contributed by atoms with Gasteiger partial charge in [0.05, 0.1) is 11.1 Å². The minimum Gasteiger partial charge on any atom is -0.310 e. The molecule has 0 saturated heterocycles. The van der Waals surface area contributed by atoms with Gasteiger partial charge in [-0.05, 0) is 30.0 Å². The van der Waals surface area contributed by atoms with E-state index in [1.807, 2.05) is 13.0 Å². The molecule has 8 nitrogen and oxygen atoms in total. The number of halogens is 6. The van der Waals surface area contributed by atoms with Crippen LogP contribution >= 0.6 is 46.0 Å². The predicted molar refractivity (Wildman–Crippen MR) is 169 cm³/mol. The van der Waals surface area contributed by atoms with E-state index in [-0.39, 0.29) is 10.6 Å². The van der Waals surface area contributed by atoms with Crippen molar-refractivity contribution in [3.8, 4) is 23.0 Å². The van der Waals surface area contributed by atoms with Gasteiger partial charge < -0.3 is 9.13 Å². The molecular weight excluding hydrogens is 691 g/mol. The summed E-state index contributed by atoms with van der Waals surface area (Å²) >= 11 is 5.47. The van der Waals surface area contributed by atoms with Gasteiger partial charge in [0.1, 0.15) is 22.4 Å². The minimum absolute atomic E-state index is 0.0356. The molecule has 0 spiro atoms. The molecule has 6 aromatic heterocycles. The van der Waals surface area contributed by atoms with Crippen LogP contribution in [0.3, 0.4) is 0 Å². The lowest BCUT2D eigenvalue weighted by atomic mass is 10.2. The zero-order valence-electron chi connectivity index (χ0n) is 23.8. The number of imidazole rings is 2. The molecule has 0 unspecified atom stereocenters. The SMILES string of the molecule is CCSc1cc(C(F)(F)F)cnc1-c1nc2cc(SSc3cnc4c(c3)nc(-c3ncc(C(F)(F)F)cc3S)n4C)cnc2n1C. The monoisotopic (exact) mass is 710 g/mol. The average Bonchev–Trinajstić information content (AvgIpc) is 3.50. The summed E-state index contributed by atoms with van der Waals surface area (Å²) < 4.78 is 82.6. The molecule has 0 saturated carbocycles. The maximum atomic E-state index is 13.3. The van der Waals surface area contributed by atoms with E-state index >= 15 is 0 Å². The highest BCUT2D eigenvalue weighted by atomic mass is 33.1. The number of hydrogen-bond acceptors (Lipinski definition) is 10. The molecule has 0 aliphatic heterocycles. The molecule has 18 heteroatoms. The first-order valence-corrected chi connectivity index (χ1v) is 16.8. The third-order valence-corrected chi connectivity index (χ3v) is 10.3. The van der Waals surface area contributed by atoms with Crippen molar-refractivity contribution in [1.82, 2.24) is 39.0 Å². The summed E-state index contributed by atoms with van der Waals surface area (Å²) in [6.45, 7) is 1.85. The molecule has 0 atom stereocenters. The molecule has 0 N–H and O–H groups in total. The second-order valence-corrected chi connectivity index (χ2v) is 13.8. The van der Waals surface area contributed by atoms with Gasteiger partial charge in [-0.1, -0.05) is 28.5 Å². The van der Waals surface area contributed by atoms with Gasteiger partial charge in [0.15, 0.2) is 22.9 Å². The van der Waals surface area contributed by atoms with Crippen LogP contribution in [0.1, 0.15) is 18.1 Å². The van der Waals surface area contributed by atoms with Gasteiger partial charge in [-0.15, -0.1) is 24.4 Å². The van der Waals surface area contributed by atoms with Crippen molar-refractivity contribution in [2.45, 2.75) is 38.9 Å². The van der Waals surface area contributed by atoms with Crippen molar-refractivity contribution in [2.24, 2.45) is 14.1 Å². The Hall–Kier alpha value is -3.48. The number of hydrogen-bond donors (Lipinski definition) is 1. The number of alkyl halides is 6. The van der Waals surface area contributed by atoms with Crippen LogP contribution in [0.4, 0.5) is 26.3 Å². The summed E-state index contributed by atoms with van der Waals surface area (Å²) in [5.41, 5.74) is 0.938. The molecule has 6 aromatic rings. The fourth-order valence-electron chi connectivity index (χ4n) is 4.54. The zero-order valence-corrected chi connectivity index (χ0v) is 27.2. The lowest BCUT2D eigenvalue weighted by Gasteiger charge is -2.11. The first-order valence-electron chi connectivity index (χ1n) is 13.2. The van der Waals surface area contributed by atoms with Crippen molar-refractivity contribution in [3.63, 3.8) is 0 Å². The van der Waals surface area contributed by atoms with Gasteiger partial charge in [-0.2, -0.15) is 26.3 Å². The second kappa shape index (κ2) is 12.3. The Morgan fingerprint density at radius 1 is 0.674 bits per heavy atom. The third kappa shape index (κ3) is 6.26. The van der Waals surface area contributed by atoms with Crippen molar-refractivity contribution < 1.29 is 26.3 Å². The average molecular weight is 711 g/mol. The Kier molecular flexibility index (Phi) is 8.66. The fraction of sp³-hybridized carbons (Fsp3) is 0.214. The topological polar surface area (TPSA) is 87.2 Å². The summed E-state index contributed by atoms with van der Waals surface area (Å²) in [6, 6.07) is 5.64. The Bertz CT molecular complexity index is 2110. The smallest absolute Gasteiger partial charge is 0.310 e. The molecule has 6 heterocycles. The Labute approximate surface area is 274 Å². The predicted octanol–water partition coefficient (Wildman–Crippen LogP) is 8.61. The molecule has 0 amide bonds. The molecule has 46 heavy (non-hydrogen) atoms. The Balaban J connectivity index is 1.25. The van der Waals surface area contributed by atoms with E-state index in [0.29, 0.717) is 50.3 Å². The molecule has 0 bridgehead atoms. The lowest BCUT2D eigenvalue weighted by Crippen LogP contribution is -2.07. The standard InChI is InChI=1S/C28H20F6N8S4/c1-4-44-20-6-14(28(32,33)34)10-36-22(20)26-40-18-8-16(12-38-24(18)42(26)3)46-45-15-7-17-23(37-11-15)41(2)25(39-17)21-19(43)5-13(9-35-21)27(29,30)31/h5-12,43H,4H2,1-3H3. The van der Waals surface area contributed by atoms with E-state index in [0.717, 1.165) is 34.3 Å². The number of fused-ring (bicyclic) bond motifs is 2. The van der Waals surface area contributed by atoms with E-state index in [1.54, 1.807) is 41.7 Å². The van der Waals surface area contributed by atoms with Gasteiger partial charge >= 0.3 is 12.4 Å². The quantitative estimate of drug-likeness (QED) is 0.0758. The zero-order chi connectivity index (χ0) is 33.0. The van der Waals surface area contributed by atoms with Gasteiger partial charge in [-0.25, -0.2) is 19.9 Å². The molecule has 0 aromatic carbocycles. The van der Waals surface area contributed by atoms with Crippen molar-refractivity contribution in [3.05, 3.63) is 60.2 Å². The van der Waals surface area contributed by atoms with E-state index < -0.39 is 23.5 Å². The maximum absolute atomic E-state index is 13.3. The largest absolute Gasteiger partial charge is 0.417 e. The number of nitrogens with zero attached hydrogens (tertiary/aromatic N) is 8. The normalized spacial score (nSPS) is 12.5. The first kappa shape index (κ1) is 32.5. The fourth-order valence-corrected chi connectivity index (χ4v) is 7.47. The third-order valence-electron chi connectivity index (χ3n) is 6.70. The van der Waals surface area contributed by atoms with E-state index in [1.165, 1.54) is 33.3 Å². The van der Waals surface area contributed by atoms with Crippen LogP contribution in [0.15, 0.2) is 68.6 Å². The summed E-state index contributed by atoms with van der Waals surface area (Å²) in [4.78, 5) is 28.3. The highest BCUT2D eigenvalue weighted by molar-refractivity contribution is 8.76. The number of thioether (sulfide) groups is 1. The van der Waals surface area contributed by atoms with Crippen molar-refractivity contribution in [2.75, 3.05) is 5.75 Å². The van der Waals surface area contributed by atoms with Gasteiger partial charge in [0.25, 0.3) is 0 Å². The van der Waals surface area contributed by atoms with Crippen LogP contribution in [0, 0.1) is 0 Å². The molecular formula is C28H20F6N8S4. The van der Waals surface area contributed by atoms with Gasteiger partial charge in [0, 0.05) is 58.5 Å². The maximum Gasteiger partial charge on any atom is 0.417 e. The molecule has 238 valence electrons. The summed E-state index contributed by atoms with van der Waals surface area (Å²) in [7, 11) is 6.21. The highest BCUT2D eigenvalue weighted by Crippen LogP contribution is 2.40. The van der Waals surface area contributed by atoms with Crippen LogP contribution in [-0.4, -0.2) is 44.8 Å². The Morgan fingerprint density at radius 3 is 1.63 bits per heavy atom. The highest BCUT2D eigenvalue weighted by Gasteiger charge is 2.33. The van der Waals surface area contributed by atoms with Gasteiger partial charge in [0.2, 0.25) is 0 Å².